The summed E-state index contributed by atoms with van der Waals surface area (Å²) in [5.74, 6) is 0. The molecule has 4 nitrogen and oxygen atoms in total. The zero-order chi connectivity index (χ0) is 12.2. The van der Waals surface area contributed by atoms with Gasteiger partial charge in [-0.1, -0.05) is 19.8 Å². The number of rotatable bonds is 9. The Kier molecular flexibility index (Phi) is 10.2. The highest BCUT2D eigenvalue weighted by Crippen LogP contribution is 1.98. The second-order valence-electron chi connectivity index (χ2n) is 4.23. The first kappa shape index (κ1) is 15.2. The molecule has 0 heterocycles. The van der Waals surface area contributed by atoms with Gasteiger partial charge in [-0.2, -0.15) is 0 Å². The molecule has 0 fully saturated rings. The molecular weight excluding hydrogens is 204 g/mol. The molecule has 1 unspecified atom stereocenters. The Morgan fingerprint density at radius 3 is 2.19 bits per heavy atom. The standard InChI is InChI=1S/C12H26N2O2/c1-3-4-6-9-13-12(16)14-10-7-5-8-11(2)15/h11,15H,3-10H2,1-2H3,(H2,13,14,16). The molecule has 0 aromatic heterocycles. The van der Waals surface area contributed by atoms with Crippen LogP contribution < -0.4 is 10.6 Å². The molecule has 0 saturated carbocycles. The molecule has 0 saturated heterocycles. The zero-order valence-corrected chi connectivity index (χ0v) is 10.6. The summed E-state index contributed by atoms with van der Waals surface area (Å²) in [5.41, 5.74) is 0. The van der Waals surface area contributed by atoms with Crippen molar-refractivity contribution in [3.63, 3.8) is 0 Å². The molecule has 0 spiro atoms. The lowest BCUT2D eigenvalue weighted by Crippen LogP contribution is -2.36. The number of nitrogens with one attached hydrogen (secondary N) is 2. The predicted octanol–water partition coefficient (Wildman–Crippen LogP) is 2.03. The molecular formula is C12H26N2O2. The number of urea groups is 1. The van der Waals surface area contributed by atoms with E-state index in [0.29, 0.717) is 6.54 Å². The van der Waals surface area contributed by atoms with Crippen molar-refractivity contribution in [2.75, 3.05) is 13.1 Å². The van der Waals surface area contributed by atoms with Gasteiger partial charge in [0.15, 0.2) is 0 Å². The van der Waals surface area contributed by atoms with Crippen LogP contribution in [0.5, 0.6) is 0 Å². The van der Waals surface area contributed by atoms with E-state index in [4.69, 9.17) is 5.11 Å². The first-order chi connectivity index (χ1) is 7.66. The van der Waals surface area contributed by atoms with E-state index in [1.54, 1.807) is 6.92 Å². The smallest absolute Gasteiger partial charge is 0.314 e. The van der Waals surface area contributed by atoms with Crippen LogP contribution in [0.2, 0.25) is 0 Å². The van der Waals surface area contributed by atoms with Gasteiger partial charge in [-0.05, 0) is 32.6 Å². The van der Waals surface area contributed by atoms with Crippen molar-refractivity contribution in [1.29, 1.82) is 0 Å². The number of amides is 2. The molecule has 0 aromatic rings. The minimum Gasteiger partial charge on any atom is -0.393 e. The molecule has 0 aromatic carbocycles. The van der Waals surface area contributed by atoms with E-state index in [0.717, 1.165) is 38.6 Å². The van der Waals surface area contributed by atoms with Gasteiger partial charge in [-0.15, -0.1) is 0 Å². The van der Waals surface area contributed by atoms with Gasteiger partial charge in [0.05, 0.1) is 6.10 Å². The van der Waals surface area contributed by atoms with E-state index in [2.05, 4.69) is 17.6 Å². The van der Waals surface area contributed by atoms with Crippen LogP contribution in [0.1, 0.15) is 52.4 Å². The number of carbonyl (C=O) groups is 1. The Labute approximate surface area is 98.8 Å². The third kappa shape index (κ3) is 11.3. The fourth-order valence-electron chi connectivity index (χ4n) is 1.41. The summed E-state index contributed by atoms with van der Waals surface area (Å²) in [7, 11) is 0. The largest absolute Gasteiger partial charge is 0.393 e. The van der Waals surface area contributed by atoms with E-state index < -0.39 is 0 Å². The highest BCUT2D eigenvalue weighted by Gasteiger charge is 1.99. The van der Waals surface area contributed by atoms with E-state index in [9.17, 15) is 4.79 Å². The van der Waals surface area contributed by atoms with Crippen LogP contribution in [0.4, 0.5) is 4.79 Å². The van der Waals surface area contributed by atoms with Gasteiger partial charge in [0.2, 0.25) is 0 Å². The van der Waals surface area contributed by atoms with Crippen LogP contribution >= 0.6 is 0 Å². The monoisotopic (exact) mass is 230 g/mol. The Balaban J connectivity index is 3.17. The van der Waals surface area contributed by atoms with Crippen molar-refractivity contribution in [1.82, 2.24) is 10.6 Å². The Morgan fingerprint density at radius 2 is 1.69 bits per heavy atom. The van der Waals surface area contributed by atoms with Crippen LogP contribution in [0.15, 0.2) is 0 Å². The molecule has 0 rings (SSSR count). The minimum absolute atomic E-state index is 0.0758. The van der Waals surface area contributed by atoms with Gasteiger partial charge in [-0.25, -0.2) is 4.79 Å². The highest BCUT2D eigenvalue weighted by atomic mass is 16.3. The van der Waals surface area contributed by atoms with E-state index in [1.807, 2.05) is 0 Å². The van der Waals surface area contributed by atoms with Gasteiger partial charge in [0.1, 0.15) is 0 Å². The molecule has 0 radical (unpaired) electrons. The van der Waals surface area contributed by atoms with Gasteiger partial charge in [-0.3, -0.25) is 0 Å². The average molecular weight is 230 g/mol. The lowest BCUT2D eigenvalue weighted by molar-refractivity contribution is 0.180. The molecule has 96 valence electrons. The fraction of sp³-hybridized carbons (Fsp3) is 0.917. The zero-order valence-electron chi connectivity index (χ0n) is 10.6. The van der Waals surface area contributed by atoms with Crippen LogP contribution in [-0.4, -0.2) is 30.3 Å². The summed E-state index contributed by atoms with van der Waals surface area (Å²) in [6.45, 7) is 5.37. The van der Waals surface area contributed by atoms with Crippen molar-refractivity contribution in [2.45, 2.75) is 58.5 Å². The van der Waals surface area contributed by atoms with Crippen molar-refractivity contribution in [2.24, 2.45) is 0 Å². The maximum Gasteiger partial charge on any atom is 0.314 e. The number of hydrogen-bond donors (Lipinski definition) is 3. The molecule has 0 aliphatic carbocycles. The van der Waals surface area contributed by atoms with Gasteiger partial charge >= 0.3 is 6.03 Å². The quantitative estimate of drug-likeness (QED) is 0.531. The minimum atomic E-state index is -0.233. The van der Waals surface area contributed by atoms with Crippen LogP contribution in [-0.2, 0) is 0 Å². The van der Waals surface area contributed by atoms with Crippen molar-refractivity contribution in [3.8, 4) is 0 Å². The number of hydrogen-bond acceptors (Lipinski definition) is 2. The molecule has 1 atom stereocenters. The molecule has 4 heteroatoms. The molecule has 16 heavy (non-hydrogen) atoms. The number of unbranched alkanes of at least 4 members (excludes halogenated alkanes) is 3. The highest BCUT2D eigenvalue weighted by molar-refractivity contribution is 5.73. The molecule has 0 aliphatic rings. The average Bonchev–Trinajstić information content (AvgIpc) is 2.23. The summed E-state index contributed by atoms with van der Waals surface area (Å²) in [5, 5.41) is 14.6. The third-order valence-corrected chi connectivity index (χ3v) is 2.40. The van der Waals surface area contributed by atoms with Crippen molar-refractivity contribution < 1.29 is 9.90 Å². The summed E-state index contributed by atoms with van der Waals surface area (Å²) < 4.78 is 0. The Morgan fingerprint density at radius 1 is 1.12 bits per heavy atom. The topological polar surface area (TPSA) is 61.4 Å². The van der Waals surface area contributed by atoms with Crippen molar-refractivity contribution >= 4 is 6.03 Å². The lowest BCUT2D eigenvalue weighted by Gasteiger charge is -2.07. The normalized spacial score (nSPS) is 12.2. The molecule has 3 N–H and O–H groups in total. The Hall–Kier alpha value is -0.770. The molecule has 0 bridgehead atoms. The third-order valence-electron chi connectivity index (χ3n) is 2.40. The van der Waals surface area contributed by atoms with Gasteiger partial charge in [0.25, 0.3) is 0 Å². The second kappa shape index (κ2) is 10.7. The summed E-state index contributed by atoms with van der Waals surface area (Å²) in [4.78, 5) is 11.2. The predicted molar refractivity (Wildman–Crippen MR) is 66.5 cm³/mol. The number of aliphatic hydroxyl groups excluding tert-OH is 1. The summed E-state index contributed by atoms with van der Waals surface area (Å²) in [6, 6.07) is -0.0758. The maximum atomic E-state index is 11.2. The maximum absolute atomic E-state index is 11.2. The van der Waals surface area contributed by atoms with Crippen molar-refractivity contribution in [3.05, 3.63) is 0 Å². The Bertz CT molecular complexity index is 172. The number of carbonyl (C=O) groups excluding carboxylic acids is 1. The summed E-state index contributed by atoms with van der Waals surface area (Å²) >= 11 is 0. The van der Waals surface area contributed by atoms with E-state index in [1.165, 1.54) is 6.42 Å². The molecule has 0 aliphatic heterocycles. The second-order valence-corrected chi connectivity index (χ2v) is 4.23. The fourth-order valence-corrected chi connectivity index (χ4v) is 1.41. The van der Waals surface area contributed by atoms with E-state index >= 15 is 0 Å². The van der Waals surface area contributed by atoms with Crippen LogP contribution in [0, 0.1) is 0 Å². The van der Waals surface area contributed by atoms with E-state index in [-0.39, 0.29) is 12.1 Å². The molecule has 2 amide bonds. The summed E-state index contributed by atoms with van der Waals surface area (Å²) in [6.07, 6.45) is 5.83. The first-order valence-corrected chi connectivity index (χ1v) is 6.36. The van der Waals surface area contributed by atoms with Gasteiger partial charge in [0, 0.05) is 13.1 Å². The van der Waals surface area contributed by atoms with Gasteiger partial charge < -0.3 is 15.7 Å². The van der Waals surface area contributed by atoms with Crippen LogP contribution in [0.25, 0.3) is 0 Å². The SMILES string of the molecule is CCCCCNC(=O)NCCCCC(C)O. The lowest BCUT2D eigenvalue weighted by atomic mass is 10.2. The number of aliphatic hydroxyl groups is 1. The van der Waals surface area contributed by atoms with Crippen LogP contribution in [0.3, 0.4) is 0 Å². The first-order valence-electron chi connectivity index (χ1n) is 6.36.